The lowest BCUT2D eigenvalue weighted by atomic mass is 10.1. The third-order valence-electron chi connectivity index (χ3n) is 3.13. The van der Waals surface area contributed by atoms with Gasteiger partial charge >= 0.3 is 12.0 Å². The van der Waals surface area contributed by atoms with Crippen LogP contribution in [0.5, 0.6) is 0 Å². The number of hydrogen-bond donors (Lipinski definition) is 3. The molecule has 0 radical (unpaired) electrons. The van der Waals surface area contributed by atoms with E-state index in [0.717, 1.165) is 12.8 Å². The van der Waals surface area contributed by atoms with Crippen molar-refractivity contribution < 1.29 is 14.7 Å². The molecule has 1 unspecified atom stereocenters. The molecular formula is C12H16N2O3S. The van der Waals surface area contributed by atoms with Gasteiger partial charge in [-0.2, -0.15) is 0 Å². The van der Waals surface area contributed by atoms with Gasteiger partial charge in [0.25, 0.3) is 0 Å². The highest BCUT2D eigenvalue weighted by molar-refractivity contribution is 7.10. The molecule has 18 heavy (non-hydrogen) atoms. The Labute approximate surface area is 109 Å². The Bertz CT molecular complexity index is 440. The molecule has 1 saturated carbocycles. The van der Waals surface area contributed by atoms with Crippen LogP contribution in [0.1, 0.15) is 30.7 Å². The number of urea groups is 1. The SMILES string of the molecule is CC1(CNC(=O)NC(C(=O)O)c2cccs2)CC1. The minimum Gasteiger partial charge on any atom is -0.479 e. The largest absolute Gasteiger partial charge is 0.479 e. The molecule has 6 heteroatoms. The normalized spacial score (nSPS) is 17.8. The van der Waals surface area contributed by atoms with Gasteiger partial charge in [0.1, 0.15) is 0 Å². The van der Waals surface area contributed by atoms with Crippen molar-refractivity contribution in [3.63, 3.8) is 0 Å². The molecule has 0 bridgehead atoms. The fraction of sp³-hybridized carbons (Fsp3) is 0.500. The first kappa shape index (κ1) is 12.9. The average Bonchev–Trinajstić information content (AvgIpc) is 2.84. The van der Waals surface area contributed by atoms with Crippen LogP contribution in [0.3, 0.4) is 0 Å². The summed E-state index contributed by atoms with van der Waals surface area (Å²) in [5, 5.41) is 16.1. The topological polar surface area (TPSA) is 78.4 Å². The average molecular weight is 268 g/mol. The Morgan fingerprint density at radius 1 is 1.56 bits per heavy atom. The predicted octanol–water partition coefficient (Wildman–Crippen LogP) is 1.97. The summed E-state index contributed by atoms with van der Waals surface area (Å²) in [6.45, 7) is 2.69. The molecule has 1 aliphatic carbocycles. The Kier molecular flexibility index (Phi) is 3.56. The monoisotopic (exact) mass is 268 g/mol. The summed E-state index contributed by atoms with van der Waals surface area (Å²) in [6.07, 6.45) is 2.22. The number of aliphatic carboxylic acids is 1. The van der Waals surface area contributed by atoms with Crippen LogP contribution in [0.2, 0.25) is 0 Å². The minimum absolute atomic E-state index is 0.207. The van der Waals surface area contributed by atoms with Crippen LogP contribution < -0.4 is 10.6 Å². The molecule has 5 nitrogen and oxygen atoms in total. The van der Waals surface area contributed by atoms with Gasteiger partial charge in [0, 0.05) is 11.4 Å². The van der Waals surface area contributed by atoms with Crippen molar-refractivity contribution in [3.8, 4) is 0 Å². The summed E-state index contributed by atoms with van der Waals surface area (Å²) < 4.78 is 0. The van der Waals surface area contributed by atoms with E-state index in [4.69, 9.17) is 5.11 Å². The second-order valence-electron chi connectivity index (χ2n) is 4.92. The van der Waals surface area contributed by atoms with Gasteiger partial charge in [-0.15, -0.1) is 11.3 Å². The maximum atomic E-state index is 11.6. The van der Waals surface area contributed by atoms with E-state index in [2.05, 4.69) is 17.6 Å². The lowest BCUT2D eigenvalue weighted by Crippen LogP contribution is -2.42. The number of hydrogen-bond acceptors (Lipinski definition) is 3. The van der Waals surface area contributed by atoms with Gasteiger partial charge in [-0.25, -0.2) is 9.59 Å². The molecule has 0 aromatic carbocycles. The van der Waals surface area contributed by atoms with Gasteiger partial charge in [-0.1, -0.05) is 13.0 Å². The van der Waals surface area contributed by atoms with Gasteiger partial charge in [0.15, 0.2) is 6.04 Å². The molecule has 2 amide bonds. The molecule has 1 aromatic rings. The van der Waals surface area contributed by atoms with Gasteiger partial charge in [0.05, 0.1) is 0 Å². The number of carboxylic acid groups (broad SMARTS) is 1. The van der Waals surface area contributed by atoms with Crippen LogP contribution in [0.25, 0.3) is 0 Å². The fourth-order valence-corrected chi connectivity index (χ4v) is 2.34. The highest BCUT2D eigenvalue weighted by atomic mass is 32.1. The lowest BCUT2D eigenvalue weighted by Gasteiger charge is -2.15. The molecule has 1 fully saturated rings. The van der Waals surface area contributed by atoms with Crippen molar-refractivity contribution in [3.05, 3.63) is 22.4 Å². The third-order valence-corrected chi connectivity index (χ3v) is 4.07. The number of thiophene rings is 1. The molecule has 1 atom stereocenters. The van der Waals surface area contributed by atoms with E-state index >= 15 is 0 Å². The zero-order chi connectivity index (χ0) is 13.2. The van der Waals surface area contributed by atoms with Crippen molar-refractivity contribution in [2.24, 2.45) is 5.41 Å². The number of nitrogens with one attached hydrogen (secondary N) is 2. The first-order chi connectivity index (χ1) is 8.50. The number of carboxylic acids is 1. The Hall–Kier alpha value is -1.56. The number of carbonyl (C=O) groups excluding carboxylic acids is 1. The number of amides is 2. The van der Waals surface area contributed by atoms with E-state index in [1.807, 2.05) is 0 Å². The summed E-state index contributed by atoms with van der Waals surface area (Å²) in [5.41, 5.74) is 0.207. The number of rotatable bonds is 5. The van der Waals surface area contributed by atoms with E-state index in [1.165, 1.54) is 11.3 Å². The van der Waals surface area contributed by atoms with Gasteiger partial charge in [-0.05, 0) is 29.7 Å². The molecule has 0 saturated heterocycles. The van der Waals surface area contributed by atoms with E-state index in [9.17, 15) is 9.59 Å². The van der Waals surface area contributed by atoms with Crippen LogP contribution >= 0.6 is 11.3 Å². The van der Waals surface area contributed by atoms with Gasteiger partial charge in [0.2, 0.25) is 0 Å². The van der Waals surface area contributed by atoms with Gasteiger partial charge in [-0.3, -0.25) is 0 Å². The maximum absolute atomic E-state index is 11.6. The first-order valence-electron chi connectivity index (χ1n) is 5.81. The summed E-state index contributed by atoms with van der Waals surface area (Å²) in [4.78, 5) is 23.4. The smallest absolute Gasteiger partial charge is 0.331 e. The van der Waals surface area contributed by atoms with Crippen LogP contribution in [0.4, 0.5) is 4.79 Å². The third kappa shape index (κ3) is 3.22. The van der Waals surface area contributed by atoms with Crippen molar-refractivity contribution in [1.29, 1.82) is 0 Å². The summed E-state index contributed by atoms with van der Waals surface area (Å²) in [6, 6.07) is 2.06. The molecule has 3 N–H and O–H groups in total. The van der Waals surface area contributed by atoms with Gasteiger partial charge < -0.3 is 15.7 Å². The zero-order valence-corrected chi connectivity index (χ0v) is 10.9. The molecule has 1 aliphatic rings. The van der Waals surface area contributed by atoms with Crippen molar-refractivity contribution >= 4 is 23.3 Å². The fourth-order valence-electron chi connectivity index (χ4n) is 1.58. The lowest BCUT2D eigenvalue weighted by molar-refractivity contribution is -0.139. The second-order valence-corrected chi connectivity index (χ2v) is 5.90. The van der Waals surface area contributed by atoms with Crippen LogP contribution in [0, 0.1) is 5.41 Å². The standard InChI is InChI=1S/C12H16N2O3S/c1-12(4-5-12)7-13-11(17)14-9(10(15)16)8-3-2-6-18-8/h2-3,6,9H,4-5,7H2,1H3,(H,15,16)(H2,13,14,17). The quantitative estimate of drug-likeness (QED) is 0.764. The molecule has 98 valence electrons. The highest BCUT2D eigenvalue weighted by Gasteiger charge is 2.37. The van der Waals surface area contributed by atoms with Crippen LogP contribution in [0.15, 0.2) is 17.5 Å². The van der Waals surface area contributed by atoms with Crippen LogP contribution in [-0.4, -0.2) is 23.7 Å². The molecule has 0 aliphatic heterocycles. The first-order valence-corrected chi connectivity index (χ1v) is 6.69. The summed E-state index contributed by atoms with van der Waals surface area (Å²) in [7, 11) is 0. The zero-order valence-electron chi connectivity index (χ0n) is 10.1. The van der Waals surface area contributed by atoms with E-state index < -0.39 is 18.0 Å². The molecule has 2 rings (SSSR count). The highest BCUT2D eigenvalue weighted by Crippen LogP contribution is 2.43. The summed E-state index contributed by atoms with van der Waals surface area (Å²) in [5.74, 6) is -1.05. The Balaban J connectivity index is 1.88. The molecular weight excluding hydrogens is 252 g/mol. The Morgan fingerprint density at radius 2 is 2.28 bits per heavy atom. The minimum atomic E-state index is -1.05. The second kappa shape index (κ2) is 4.97. The van der Waals surface area contributed by atoms with Crippen molar-refractivity contribution in [2.45, 2.75) is 25.8 Å². The number of carbonyl (C=O) groups is 2. The van der Waals surface area contributed by atoms with Crippen LogP contribution in [-0.2, 0) is 4.79 Å². The molecule has 1 aromatic heterocycles. The maximum Gasteiger partial charge on any atom is 0.331 e. The van der Waals surface area contributed by atoms with Crippen molar-refractivity contribution in [2.75, 3.05) is 6.54 Å². The van der Waals surface area contributed by atoms with E-state index in [1.54, 1.807) is 17.5 Å². The Morgan fingerprint density at radius 3 is 2.78 bits per heavy atom. The molecule has 1 heterocycles. The molecule has 0 spiro atoms. The van der Waals surface area contributed by atoms with E-state index in [0.29, 0.717) is 11.4 Å². The predicted molar refractivity (Wildman–Crippen MR) is 68.6 cm³/mol. The van der Waals surface area contributed by atoms with E-state index in [-0.39, 0.29) is 5.41 Å². The van der Waals surface area contributed by atoms with Crippen molar-refractivity contribution in [1.82, 2.24) is 10.6 Å². The summed E-state index contributed by atoms with van der Waals surface area (Å²) >= 11 is 1.31.